The zero-order chi connectivity index (χ0) is 15.4. The molecule has 2 aromatic carbocycles. The van der Waals surface area contributed by atoms with Crippen LogP contribution in [0.25, 0.3) is 0 Å². The molecule has 1 amide bonds. The molecule has 0 saturated carbocycles. The van der Waals surface area contributed by atoms with Crippen LogP contribution in [0.1, 0.15) is 22.8 Å². The minimum absolute atomic E-state index is 0.195. The fourth-order valence-corrected chi connectivity index (χ4v) is 1.91. The van der Waals surface area contributed by atoms with Crippen molar-refractivity contribution in [2.75, 3.05) is 0 Å². The SMILES string of the molecule is CC(=NNC(=O)c1cccc(F)c1)c1ccc(Cl)c(Cl)c1. The number of carbonyl (C=O) groups is 1. The summed E-state index contributed by atoms with van der Waals surface area (Å²) < 4.78 is 13.0. The van der Waals surface area contributed by atoms with Crippen LogP contribution >= 0.6 is 23.2 Å². The molecule has 108 valence electrons. The molecule has 0 aromatic heterocycles. The number of hydrazone groups is 1. The van der Waals surface area contributed by atoms with Gasteiger partial charge in [0.2, 0.25) is 0 Å². The first-order valence-corrected chi connectivity index (χ1v) is 6.78. The molecule has 2 aromatic rings. The average molecular weight is 325 g/mol. The van der Waals surface area contributed by atoms with E-state index in [9.17, 15) is 9.18 Å². The summed E-state index contributed by atoms with van der Waals surface area (Å²) in [4.78, 5) is 11.8. The molecule has 0 spiro atoms. The fourth-order valence-electron chi connectivity index (χ4n) is 1.61. The predicted molar refractivity (Wildman–Crippen MR) is 82.5 cm³/mol. The molecular formula is C15H11Cl2FN2O. The molecule has 0 unspecified atom stereocenters. The lowest BCUT2D eigenvalue weighted by Gasteiger charge is -2.04. The van der Waals surface area contributed by atoms with E-state index in [-0.39, 0.29) is 5.56 Å². The normalized spacial score (nSPS) is 11.3. The van der Waals surface area contributed by atoms with E-state index < -0.39 is 11.7 Å². The van der Waals surface area contributed by atoms with E-state index in [1.807, 2.05) is 0 Å². The Morgan fingerprint density at radius 1 is 1.10 bits per heavy atom. The highest BCUT2D eigenvalue weighted by Crippen LogP contribution is 2.22. The van der Waals surface area contributed by atoms with Crippen molar-refractivity contribution >= 4 is 34.8 Å². The molecule has 0 aliphatic heterocycles. The first-order chi connectivity index (χ1) is 9.97. The molecule has 0 radical (unpaired) electrons. The van der Waals surface area contributed by atoms with E-state index in [0.29, 0.717) is 15.8 Å². The third-order valence-corrected chi connectivity index (χ3v) is 3.49. The molecule has 1 N–H and O–H groups in total. The molecule has 0 fully saturated rings. The molecule has 2 rings (SSSR count). The van der Waals surface area contributed by atoms with Crippen molar-refractivity contribution in [3.05, 3.63) is 69.5 Å². The monoisotopic (exact) mass is 324 g/mol. The van der Waals surface area contributed by atoms with Gasteiger partial charge in [-0.05, 0) is 42.8 Å². The summed E-state index contributed by atoms with van der Waals surface area (Å²) in [5.41, 5.74) is 3.84. The van der Waals surface area contributed by atoms with Crippen LogP contribution in [0.2, 0.25) is 10.0 Å². The maximum atomic E-state index is 13.0. The van der Waals surface area contributed by atoms with E-state index in [2.05, 4.69) is 10.5 Å². The molecule has 0 atom stereocenters. The lowest BCUT2D eigenvalue weighted by molar-refractivity contribution is 0.0954. The van der Waals surface area contributed by atoms with Crippen molar-refractivity contribution in [1.29, 1.82) is 0 Å². The fraction of sp³-hybridized carbons (Fsp3) is 0.0667. The van der Waals surface area contributed by atoms with Crippen LogP contribution in [0.5, 0.6) is 0 Å². The van der Waals surface area contributed by atoms with E-state index in [1.165, 1.54) is 18.2 Å². The highest BCUT2D eigenvalue weighted by atomic mass is 35.5. The third-order valence-electron chi connectivity index (χ3n) is 2.75. The van der Waals surface area contributed by atoms with Gasteiger partial charge in [-0.2, -0.15) is 5.10 Å². The van der Waals surface area contributed by atoms with Crippen molar-refractivity contribution in [3.8, 4) is 0 Å². The maximum Gasteiger partial charge on any atom is 0.271 e. The number of rotatable bonds is 3. The number of hydrogen-bond acceptors (Lipinski definition) is 2. The number of benzene rings is 2. The Labute approximate surface area is 131 Å². The maximum absolute atomic E-state index is 13.0. The second kappa shape index (κ2) is 6.70. The van der Waals surface area contributed by atoms with Crippen molar-refractivity contribution in [2.24, 2.45) is 5.10 Å². The Kier molecular flexibility index (Phi) is 4.94. The first kappa shape index (κ1) is 15.5. The summed E-state index contributed by atoms with van der Waals surface area (Å²) >= 11 is 11.7. The molecule has 3 nitrogen and oxygen atoms in total. The lowest BCUT2D eigenvalue weighted by Crippen LogP contribution is -2.19. The quantitative estimate of drug-likeness (QED) is 0.664. The van der Waals surface area contributed by atoms with Crippen molar-refractivity contribution < 1.29 is 9.18 Å². The smallest absolute Gasteiger partial charge is 0.267 e. The van der Waals surface area contributed by atoms with Crippen LogP contribution < -0.4 is 5.43 Å². The molecule has 0 aliphatic rings. The Morgan fingerprint density at radius 3 is 2.52 bits per heavy atom. The Hall–Kier alpha value is -1.91. The van der Waals surface area contributed by atoms with Crippen molar-refractivity contribution in [2.45, 2.75) is 6.92 Å². The van der Waals surface area contributed by atoms with Gasteiger partial charge >= 0.3 is 0 Å². The van der Waals surface area contributed by atoms with E-state index in [1.54, 1.807) is 25.1 Å². The predicted octanol–water partition coefficient (Wildman–Crippen LogP) is 4.29. The Balaban J connectivity index is 2.13. The molecule has 0 heterocycles. The zero-order valence-electron chi connectivity index (χ0n) is 11.0. The second-order valence-corrected chi connectivity index (χ2v) is 5.09. The summed E-state index contributed by atoms with van der Waals surface area (Å²) in [6, 6.07) is 10.4. The third kappa shape index (κ3) is 4.03. The van der Waals surface area contributed by atoms with Gasteiger partial charge in [0.25, 0.3) is 5.91 Å². The number of nitrogens with one attached hydrogen (secondary N) is 1. The van der Waals surface area contributed by atoms with E-state index in [0.717, 1.165) is 11.6 Å². The van der Waals surface area contributed by atoms with Gasteiger partial charge in [0.15, 0.2) is 0 Å². The molecule has 0 bridgehead atoms. The summed E-state index contributed by atoms with van der Waals surface area (Å²) in [5.74, 6) is -0.971. The highest BCUT2D eigenvalue weighted by molar-refractivity contribution is 6.42. The van der Waals surface area contributed by atoms with Gasteiger partial charge < -0.3 is 0 Å². The van der Waals surface area contributed by atoms with Crippen molar-refractivity contribution in [3.63, 3.8) is 0 Å². The van der Waals surface area contributed by atoms with Gasteiger partial charge in [-0.25, -0.2) is 9.82 Å². The molecular weight excluding hydrogens is 314 g/mol. The van der Waals surface area contributed by atoms with Crippen LogP contribution in [0.15, 0.2) is 47.6 Å². The highest BCUT2D eigenvalue weighted by Gasteiger charge is 2.06. The van der Waals surface area contributed by atoms with Crippen LogP contribution in [-0.2, 0) is 0 Å². The van der Waals surface area contributed by atoms with Crippen LogP contribution in [0.3, 0.4) is 0 Å². The van der Waals surface area contributed by atoms with Gasteiger partial charge in [0.1, 0.15) is 5.82 Å². The van der Waals surface area contributed by atoms with E-state index in [4.69, 9.17) is 23.2 Å². The van der Waals surface area contributed by atoms with Crippen molar-refractivity contribution in [1.82, 2.24) is 5.43 Å². The lowest BCUT2D eigenvalue weighted by atomic mass is 10.1. The summed E-state index contributed by atoms with van der Waals surface area (Å²) in [5, 5.41) is 4.81. The number of nitrogens with zero attached hydrogens (tertiary/aromatic N) is 1. The Morgan fingerprint density at radius 2 is 1.86 bits per heavy atom. The van der Waals surface area contributed by atoms with Crippen LogP contribution in [0, 0.1) is 5.82 Å². The summed E-state index contributed by atoms with van der Waals surface area (Å²) in [7, 11) is 0. The van der Waals surface area contributed by atoms with Gasteiger partial charge in [-0.3, -0.25) is 4.79 Å². The van der Waals surface area contributed by atoms with Gasteiger partial charge in [-0.15, -0.1) is 0 Å². The number of carbonyl (C=O) groups excluding carboxylic acids is 1. The van der Waals surface area contributed by atoms with Crippen LogP contribution in [0.4, 0.5) is 4.39 Å². The van der Waals surface area contributed by atoms with Crippen LogP contribution in [-0.4, -0.2) is 11.6 Å². The van der Waals surface area contributed by atoms with E-state index >= 15 is 0 Å². The number of hydrogen-bond donors (Lipinski definition) is 1. The van der Waals surface area contributed by atoms with Gasteiger partial charge in [-0.1, -0.05) is 35.3 Å². The molecule has 6 heteroatoms. The zero-order valence-corrected chi connectivity index (χ0v) is 12.5. The minimum Gasteiger partial charge on any atom is -0.267 e. The molecule has 0 aliphatic carbocycles. The van der Waals surface area contributed by atoms with Gasteiger partial charge in [0, 0.05) is 5.56 Å². The topological polar surface area (TPSA) is 41.5 Å². The Bertz CT molecular complexity index is 717. The second-order valence-electron chi connectivity index (χ2n) is 4.28. The standard InChI is InChI=1S/C15H11Cl2FN2O/c1-9(10-5-6-13(16)14(17)8-10)19-20-15(21)11-3-2-4-12(18)7-11/h2-8H,1H3,(H,20,21). The molecule has 21 heavy (non-hydrogen) atoms. The largest absolute Gasteiger partial charge is 0.271 e. The minimum atomic E-state index is -0.492. The number of amides is 1. The van der Waals surface area contributed by atoms with Gasteiger partial charge in [0.05, 0.1) is 15.8 Å². The summed E-state index contributed by atoms with van der Waals surface area (Å²) in [6.07, 6.45) is 0. The average Bonchev–Trinajstić information content (AvgIpc) is 2.47. The first-order valence-electron chi connectivity index (χ1n) is 6.03. The molecule has 0 saturated heterocycles. The summed E-state index contributed by atoms with van der Waals surface area (Å²) in [6.45, 7) is 1.71. The number of halogens is 3.